The lowest BCUT2D eigenvalue weighted by Crippen LogP contribution is -2.60. The molecule has 0 bridgehead atoms. The summed E-state index contributed by atoms with van der Waals surface area (Å²) in [5, 5.41) is 2.71. The number of hydrogen-bond acceptors (Lipinski definition) is 1. The van der Waals surface area contributed by atoms with Gasteiger partial charge < -0.3 is 9.38 Å². The summed E-state index contributed by atoms with van der Waals surface area (Å²) in [4.78, 5) is 2.55. The Morgan fingerprint density at radius 1 is 0.647 bits per heavy atom. The van der Waals surface area contributed by atoms with Crippen LogP contribution in [0.1, 0.15) is 5.56 Å². The molecule has 3 heteroatoms. The Hall–Kier alpha value is -4.24. The summed E-state index contributed by atoms with van der Waals surface area (Å²) in [6.07, 6.45) is 0. The van der Waals surface area contributed by atoms with E-state index in [1.807, 2.05) is 0 Å². The minimum absolute atomic E-state index is 0.114. The van der Waals surface area contributed by atoms with Crippen molar-refractivity contribution in [3.05, 3.63) is 115 Å². The van der Waals surface area contributed by atoms with Crippen molar-refractivity contribution in [3.8, 4) is 16.8 Å². The van der Waals surface area contributed by atoms with Crippen LogP contribution in [-0.4, -0.2) is 11.4 Å². The molecule has 8 rings (SSSR count). The number of aromatic nitrogens is 1. The van der Waals surface area contributed by atoms with Gasteiger partial charge in [0.05, 0.1) is 11.0 Å². The number of anilines is 2. The van der Waals surface area contributed by atoms with Gasteiger partial charge in [-0.05, 0) is 59.3 Å². The second-order valence-electron chi connectivity index (χ2n) is 9.41. The predicted molar refractivity (Wildman–Crippen MR) is 145 cm³/mol. The third-order valence-corrected chi connectivity index (χ3v) is 7.67. The standard InChI is InChI=1S/C31H21BN2/c1-20-19-24-22-13-5-9-17-27(22)34(21-11-3-2-4-12-21)32-25-15-7-10-18-28(25)33-26-16-8-6-14-23(26)29(20)31(33)30(24)32/h2-19H,1H3. The van der Waals surface area contributed by atoms with Gasteiger partial charge in [-0.2, -0.15) is 0 Å². The molecule has 5 aromatic carbocycles. The van der Waals surface area contributed by atoms with E-state index in [9.17, 15) is 0 Å². The maximum absolute atomic E-state index is 2.55. The maximum Gasteiger partial charge on any atom is 0.333 e. The van der Waals surface area contributed by atoms with Crippen molar-refractivity contribution in [1.29, 1.82) is 0 Å². The highest BCUT2D eigenvalue weighted by Crippen LogP contribution is 2.45. The van der Waals surface area contributed by atoms with Crippen LogP contribution >= 0.6 is 0 Å². The normalized spacial score (nSPS) is 13.3. The Kier molecular flexibility index (Phi) is 3.44. The molecule has 0 N–H and O–H groups in total. The van der Waals surface area contributed by atoms with Crippen molar-refractivity contribution in [1.82, 2.24) is 4.57 Å². The van der Waals surface area contributed by atoms with Gasteiger partial charge >= 0.3 is 6.85 Å². The first-order valence-corrected chi connectivity index (χ1v) is 11.9. The molecule has 2 aliphatic heterocycles. The van der Waals surface area contributed by atoms with Crippen LogP contribution < -0.4 is 15.7 Å². The van der Waals surface area contributed by atoms with Crippen molar-refractivity contribution < 1.29 is 0 Å². The van der Waals surface area contributed by atoms with E-state index in [1.54, 1.807) is 0 Å². The molecule has 0 aliphatic carbocycles. The quantitative estimate of drug-likeness (QED) is 0.276. The molecule has 2 aliphatic rings. The van der Waals surface area contributed by atoms with E-state index in [0.29, 0.717) is 0 Å². The SMILES string of the molecule is Cc1cc2c3c4c1c1ccccc1n4-c1ccccc1B3N(c1ccccc1)c1ccccc1-2. The van der Waals surface area contributed by atoms with E-state index in [0.717, 1.165) is 0 Å². The Balaban J connectivity index is 1.64. The number of hydrogen-bond donors (Lipinski definition) is 0. The second kappa shape index (κ2) is 6.42. The lowest BCUT2D eigenvalue weighted by molar-refractivity contribution is 1.18. The summed E-state index contributed by atoms with van der Waals surface area (Å²) >= 11 is 0. The minimum Gasteiger partial charge on any atom is -0.376 e. The molecular weight excluding hydrogens is 411 g/mol. The Morgan fingerprint density at radius 3 is 2.24 bits per heavy atom. The van der Waals surface area contributed by atoms with Crippen LogP contribution in [-0.2, 0) is 0 Å². The number of nitrogens with zero attached hydrogens (tertiary/aromatic N) is 2. The van der Waals surface area contributed by atoms with Crippen molar-refractivity contribution in [2.75, 3.05) is 4.81 Å². The number of benzene rings is 5. The highest BCUT2D eigenvalue weighted by molar-refractivity contribution is 6.93. The molecule has 0 radical (unpaired) electrons. The summed E-state index contributed by atoms with van der Waals surface area (Å²) in [6.45, 7) is 2.39. The van der Waals surface area contributed by atoms with Crippen LogP contribution in [0.4, 0.5) is 11.4 Å². The molecule has 158 valence electrons. The van der Waals surface area contributed by atoms with E-state index >= 15 is 0 Å². The summed E-state index contributed by atoms with van der Waals surface area (Å²) in [7, 11) is 0. The van der Waals surface area contributed by atoms with Crippen LogP contribution in [0.25, 0.3) is 38.6 Å². The summed E-state index contributed by atoms with van der Waals surface area (Å²) in [6, 6.07) is 40.0. The molecule has 0 saturated heterocycles. The highest BCUT2D eigenvalue weighted by atomic mass is 15.1. The molecule has 6 aromatic rings. The van der Waals surface area contributed by atoms with E-state index < -0.39 is 0 Å². The molecule has 0 unspecified atom stereocenters. The van der Waals surface area contributed by atoms with E-state index in [-0.39, 0.29) is 6.85 Å². The van der Waals surface area contributed by atoms with E-state index in [2.05, 4.69) is 125 Å². The van der Waals surface area contributed by atoms with Gasteiger partial charge in [0.15, 0.2) is 0 Å². The summed E-state index contributed by atoms with van der Waals surface area (Å²) < 4.78 is 2.51. The molecule has 2 nitrogen and oxygen atoms in total. The minimum atomic E-state index is 0.114. The largest absolute Gasteiger partial charge is 0.376 e. The monoisotopic (exact) mass is 432 g/mol. The fourth-order valence-corrected chi connectivity index (χ4v) is 6.41. The smallest absolute Gasteiger partial charge is 0.333 e. The predicted octanol–water partition coefficient (Wildman–Crippen LogP) is 6.33. The fourth-order valence-electron chi connectivity index (χ4n) is 6.41. The van der Waals surface area contributed by atoms with Crippen LogP contribution in [0.15, 0.2) is 109 Å². The zero-order chi connectivity index (χ0) is 22.4. The number of rotatable bonds is 1. The van der Waals surface area contributed by atoms with Gasteiger partial charge in [0, 0.05) is 33.4 Å². The van der Waals surface area contributed by atoms with E-state index in [4.69, 9.17) is 0 Å². The summed E-state index contributed by atoms with van der Waals surface area (Å²) in [5.41, 5.74) is 13.2. The van der Waals surface area contributed by atoms with Gasteiger partial charge in [-0.25, -0.2) is 0 Å². The van der Waals surface area contributed by atoms with Gasteiger partial charge in [-0.1, -0.05) is 78.9 Å². The fraction of sp³-hybridized carbons (Fsp3) is 0.0323. The molecule has 34 heavy (non-hydrogen) atoms. The van der Waals surface area contributed by atoms with Crippen LogP contribution in [0.3, 0.4) is 0 Å². The lowest BCUT2D eigenvalue weighted by Gasteiger charge is -2.42. The lowest BCUT2D eigenvalue weighted by atomic mass is 9.44. The molecule has 0 amide bonds. The molecular formula is C31H21BN2. The maximum atomic E-state index is 2.55. The Bertz CT molecular complexity index is 1780. The third kappa shape index (κ3) is 2.12. The topological polar surface area (TPSA) is 8.17 Å². The van der Waals surface area contributed by atoms with Crippen molar-refractivity contribution in [2.24, 2.45) is 0 Å². The molecule has 0 fully saturated rings. The highest BCUT2D eigenvalue weighted by Gasteiger charge is 2.43. The van der Waals surface area contributed by atoms with Gasteiger partial charge in [-0.3, -0.25) is 0 Å². The van der Waals surface area contributed by atoms with Gasteiger partial charge in [0.25, 0.3) is 0 Å². The van der Waals surface area contributed by atoms with Gasteiger partial charge in [0.1, 0.15) is 0 Å². The van der Waals surface area contributed by atoms with Crippen molar-refractivity contribution in [3.63, 3.8) is 0 Å². The van der Waals surface area contributed by atoms with Gasteiger partial charge in [0.2, 0.25) is 0 Å². The number of fused-ring (bicyclic) bond motifs is 8. The first-order valence-electron chi connectivity index (χ1n) is 11.9. The van der Waals surface area contributed by atoms with Crippen molar-refractivity contribution >= 4 is 51.0 Å². The number of para-hydroxylation sites is 4. The first-order chi connectivity index (χ1) is 16.8. The average molecular weight is 432 g/mol. The average Bonchev–Trinajstić information content (AvgIpc) is 3.25. The first kappa shape index (κ1) is 18.2. The van der Waals surface area contributed by atoms with Crippen LogP contribution in [0.5, 0.6) is 0 Å². The zero-order valence-electron chi connectivity index (χ0n) is 18.9. The van der Waals surface area contributed by atoms with E-state index in [1.165, 1.54) is 66.5 Å². The third-order valence-electron chi connectivity index (χ3n) is 7.67. The van der Waals surface area contributed by atoms with Crippen molar-refractivity contribution in [2.45, 2.75) is 6.92 Å². The molecule has 0 spiro atoms. The van der Waals surface area contributed by atoms with Gasteiger partial charge in [-0.15, -0.1) is 0 Å². The van der Waals surface area contributed by atoms with Crippen LogP contribution in [0.2, 0.25) is 0 Å². The number of aryl methyl sites for hydroxylation is 1. The zero-order valence-corrected chi connectivity index (χ0v) is 18.9. The van der Waals surface area contributed by atoms with Crippen LogP contribution in [0, 0.1) is 6.92 Å². The Labute approximate surface area is 198 Å². The molecule has 1 aromatic heterocycles. The summed E-state index contributed by atoms with van der Waals surface area (Å²) in [5.74, 6) is 0. The Morgan fingerprint density at radius 2 is 1.35 bits per heavy atom. The second-order valence-corrected chi connectivity index (χ2v) is 9.41. The molecule has 0 saturated carbocycles. The molecule has 3 heterocycles. The molecule has 0 atom stereocenters.